The van der Waals surface area contributed by atoms with Crippen LogP contribution in [0.3, 0.4) is 0 Å². The number of carbonyl (C=O) groups excluding carboxylic acids is 2. The Morgan fingerprint density at radius 1 is 1.32 bits per heavy atom. The lowest BCUT2D eigenvalue weighted by Crippen LogP contribution is -2.54. The highest BCUT2D eigenvalue weighted by Gasteiger charge is 2.65. The summed E-state index contributed by atoms with van der Waals surface area (Å²) >= 11 is 0. The fourth-order valence-electron chi connectivity index (χ4n) is 5.19. The number of anilines is 1. The molecule has 2 N–H and O–H groups in total. The normalized spacial score (nSPS) is 28.2. The number of carbonyl (C=O) groups is 2. The van der Waals surface area contributed by atoms with E-state index >= 15 is 0 Å². The van der Waals surface area contributed by atoms with Crippen LogP contribution in [0.4, 0.5) is 5.69 Å². The molecule has 2 amide bonds. The highest BCUT2D eigenvalue weighted by molar-refractivity contribution is 6.09. The van der Waals surface area contributed by atoms with Crippen LogP contribution in [0.5, 0.6) is 0 Å². The van der Waals surface area contributed by atoms with Gasteiger partial charge in [-0.1, -0.05) is 18.2 Å². The summed E-state index contributed by atoms with van der Waals surface area (Å²) in [5, 5.41) is 6.03. The van der Waals surface area contributed by atoms with E-state index in [0.29, 0.717) is 18.7 Å². The van der Waals surface area contributed by atoms with Gasteiger partial charge in [0.25, 0.3) is 0 Å². The van der Waals surface area contributed by atoms with Crippen molar-refractivity contribution >= 4 is 17.5 Å². The van der Waals surface area contributed by atoms with E-state index in [1.54, 1.807) is 12.4 Å². The minimum Gasteiger partial charge on any atom is -0.350 e. The number of amides is 2. The molecule has 3 aliphatic heterocycles. The van der Waals surface area contributed by atoms with Crippen molar-refractivity contribution in [1.29, 1.82) is 0 Å². The van der Waals surface area contributed by atoms with Crippen molar-refractivity contribution < 1.29 is 9.59 Å². The minimum atomic E-state index is -0.902. The van der Waals surface area contributed by atoms with E-state index in [-0.39, 0.29) is 17.9 Å². The van der Waals surface area contributed by atoms with Crippen LogP contribution in [-0.4, -0.2) is 39.3 Å². The zero-order valence-corrected chi connectivity index (χ0v) is 15.8. The van der Waals surface area contributed by atoms with E-state index in [9.17, 15) is 9.59 Å². The molecule has 0 radical (unpaired) electrons. The van der Waals surface area contributed by atoms with E-state index in [1.807, 2.05) is 31.2 Å². The minimum absolute atomic E-state index is 0.0756. The van der Waals surface area contributed by atoms with Crippen molar-refractivity contribution in [3.63, 3.8) is 0 Å². The molecule has 28 heavy (non-hydrogen) atoms. The van der Waals surface area contributed by atoms with Crippen molar-refractivity contribution in [3.8, 4) is 0 Å². The Morgan fingerprint density at radius 2 is 2.18 bits per heavy atom. The first kappa shape index (κ1) is 17.3. The first-order valence-electron chi connectivity index (χ1n) is 9.83. The Bertz CT molecular complexity index is 944. The van der Waals surface area contributed by atoms with E-state index in [1.165, 1.54) is 0 Å². The molecule has 0 bridgehead atoms. The van der Waals surface area contributed by atoms with Gasteiger partial charge in [-0.3, -0.25) is 24.5 Å². The van der Waals surface area contributed by atoms with Gasteiger partial charge in [0.2, 0.25) is 11.8 Å². The van der Waals surface area contributed by atoms with Gasteiger partial charge in [-0.15, -0.1) is 0 Å². The predicted molar refractivity (Wildman–Crippen MR) is 103 cm³/mol. The van der Waals surface area contributed by atoms with Gasteiger partial charge in [0.15, 0.2) is 0 Å². The molecule has 3 aliphatic rings. The number of hydrogen-bond donors (Lipinski definition) is 2. The molecular formula is C21H23N5O2. The van der Waals surface area contributed by atoms with Crippen LogP contribution in [0.2, 0.25) is 0 Å². The van der Waals surface area contributed by atoms with Gasteiger partial charge in [-0.2, -0.15) is 0 Å². The number of nitrogens with one attached hydrogen (secondary N) is 2. The van der Waals surface area contributed by atoms with Crippen molar-refractivity contribution in [1.82, 2.24) is 20.2 Å². The SMILES string of the molecule is Cc1cnc(CNC(=O)[C@@H]2C[C@H]3CCCN3[C@]23C(=O)Nc2ccccc23)cn1. The summed E-state index contributed by atoms with van der Waals surface area (Å²) < 4.78 is 0. The second kappa shape index (κ2) is 6.38. The monoisotopic (exact) mass is 377 g/mol. The molecule has 3 atom stereocenters. The third-order valence-electron chi connectivity index (χ3n) is 6.37. The average Bonchev–Trinajstić information content (AvgIpc) is 3.36. The maximum Gasteiger partial charge on any atom is 0.250 e. The molecule has 7 heteroatoms. The number of para-hydroxylation sites is 1. The molecule has 2 saturated heterocycles. The maximum atomic E-state index is 13.3. The molecule has 5 rings (SSSR count). The van der Waals surface area contributed by atoms with E-state index in [0.717, 1.165) is 36.3 Å². The quantitative estimate of drug-likeness (QED) is 0.851. The molecule has 2 aromatic rings. The fourth-order valence-corrected chi connectivity index (χ4v) is 5.19. The lowest BCUT2D eigenvalue weighted by molar-refractivity contribution is -0.137. The molecule has 0 unspecified atom stereocenters. The Labute approximate surface area is 163 Å². The maximum absolute atomic E-state index is 13.3. The van der Waals surface area contributed by atoms with Crippen LogP contribution < -0.4 is 10.6 Å². The van der Waals surface area contributed by atoms with Crippen LogP contribution in [0, 0.1) is 12.8 Å². The molecule has 1 aromatic heterocycles. The van der Waals surface area contributed by atoms with Crippen LogP contribution in [0.1, 0.15) is 36.2 Å². The number of benzene rings is 1. The lowest BCUT2D eigenvalue weighted by Gasteiger charge is -2.36. The first-order valence-corrected chi connectivity index (χ1v) is 9.83. The summed E-state index contributed by atoms with van der Waals surface area (Å²) in [6.07, 6.45) is 6.16. The number of fused-ring (bicyclic) bond motifs is 4. The highest BCUT2D eigenvalue weighted by atomic mass is 16.2. The van der Waals surface area contributed by atoms with Crippen molar-refractivity contribution in [2.45, 2.75) is 44.3 Å². The first-order chi connectivity index (χ1) is 13.6. The Hall–Kier alpha value is -2.80. The summed E-state index contributed by atoms with van der Waals surface area (Å²) in [6, 6.07) is 8.04. The Balaban J connectivity index is 1.47. The molecule has 1 aromatic carbocycles. The third kappa shape index (κ3) is 2.39. The molecular weight excluding hydrogens is 354 g/mol. The fraction of sp³-hybridized carbons (Fsp3) is 0.429. The van der Waals surface area contributed by atoms with Gasteiger partial charge < -0.3 is 10.6 Å². The lowest BCUT2D eigenvalue weighted by atomic mass is 9.78. The van der Waals surface area contributed by atoms with Gasteiger partial charge in [-0.25, -0.2) is 0 Å². The van der Waals surface area contributed by atoms with E-state index < -0.39 is 11.5 Å². The molecule has 1 spiro atoms. The van der Waals surface area contributed by atoms with Crippen molar-refractivity contribution in [3.05, 3.63) is 53.6 Å². The molecule has 0 aliphatic carbocycles. The van der Waals surface area contributed by atoms with Crippen LogP contribution in [0.15, 0.2) is 36.7 Å². The second-order valence-corrected chi connectivity index (χ2v) is 7.91. The van der Waals surface area contributed by atoms with Crippen molar-refractivity contribution in [2.24, 2.45) is 5.92 Å². The number of hydrogen-bond acceptors (Lipinski definition) is 5. The van der Waals surface area contributed by atoms with Gasteiger partial charge >= 0.3 is 0 Å². The van der Waals surface area contributed by atoms with Crippen LogP contribution in [0.25, 0.3) is 0 Å². The Morgan fingerprint density at radius 3 is 3.00 bits per heavy atom. The average molecular weight is 377 g/mol. The predicted octanol–water partition coefficient (Wildman–Crippen LogP) is 1.73. The largest absolute Gasteiger partial charge is 0.350 e. The van der Waals surface area contributed by atoms with Gasteiger partial charge in [0, 0.05) is 23.5 Å². The third-order valence-corrected chi connectivity index (χ3v) is 6.37. The molecule has 144 valence electrons. The number of nitrogens with zero attached hydrogens (tertiary/aromatic N) is 3. The van der Waals surface area contributed by atoms with Crippen LogP contribution >= 0.6 is 0 Å². The van der Waals surface area contributed by atoms with E-state index in [4.69, 9.17) is 0 Å². The van der Waals surface area contributed by atoms with E-state index in [2.05, 4.69) is 25.5 Å². The highest BCUT2D eigenvalue weighted by Crippen LogP contribution is 2.55. The number of rotatable bonds is 3. The summed E-state index contributed by atoms with van der Waals surface area (Å²) in [7, 11) is 0. The van der Waals surface area contributed by atoms with Gasteiger partial charge in [0.05, 0.1) is 30.0 Å². The standard InChI is InChI=1S/C21H23N5O2/c1-13-10-23-14(11-22-13)12-24-19(27)17-9-15-5-4-8-26(15)21(17)16-6-2-3-7-18(16)25-20(21)28/h2-3,6-7,10-11,15,17H,4-5,8-9,12H2,1H3,(H,24,27)(H,25,28)/t15-,17+,21+/m1/s1. The number of aryl methyl sites for hydroxylation is 1. The molecule has 7 nitrogen and oxygen atoms in total. The van der Waals surface area contributed by atoms with Gasteiger partial charge in [0.1, 0.15) is 5.54 Å². The Kier molecular flexibility index (Phi) is 3.94. The smallest absolute Gasteiger partial charge is 0.250 e. The second-order valence-electron chi connectivity index (χ2n) is 7.91. The zero-order valence-electron chi connectivity index (χ0n) is 15.8. The zero-order chi connectivity index (χ0) is 19.3. The molecule has 4 heterocycles. The summed E-state index contributed by atoms with van der Waals surface area (Å²) in [4.78, 5) is 37.3. The summed E-state index contributed by atoms with van der Waals surface area (Å²) in [5.41, 5.74) is 2.40. The number of aromatic nitrogens is 2. The van der Waals surface area contributed by atoms with Crippen molar-refractivity contribution in [2.75, 3.05) is 11.9 Å². The molecule has 2 fully saturated rings. The summed E-state index contributed by atoms with van der Waals surface area (Å²) in [6.45, 7) is 3.03. The summed E-state index contributed by atoms with van der Waals surface area (Å²) in [5.74, 6) is -0.586. The molecule has 0 saturated carbocycles. The van der Waals surface area contributed by atoms with Gasteiger partial charge in [-0.05, 0) is 38.8 Å². The van der Waals surface area contributed by atoms with Crippen LogP contribution in [-0.2, 0) is 21.7 Å². The topological polar surface area (TPSA) is 87.2 Å².